The van der Waals surface area contributed by atoms with Gasteiger partial charge in [0.05, 0.1) is 0 Å². The summed E-state index contributed by atoms with van der Waals surface area (Å²) >= 11 is 0. The van der Waals surface area contributed by atoms with Gasteiger partial charge in [-0.05, 0) is 55.2 Å². The Morgan fingerprint density at radius 2 is 1.72 bits per heavy atom. The minimum absolute atomic E-state index is 0.147. The van der Waals surface area contributed by atoms with E-state index in [1.165, 1.54) is 18.5 Å². The number of amides is 3. The van der Waals surface area contributed by atoms with Gasteiger partial charge in [-0.3, -0.25) is 4.79 Å². The van der Waals surface area contributed by atoms with Gasteiger partial charge in [-0.1, -0.05) is 18.2 Å². The van der Waals surface area contributed by atoms with E-state index in [9.17, 15) is 9.59 Å². The van der Waals surface area contributed by atoms with Crippen LogP contribution in [0.4, 0.5) is 21.9 Å². The molecule has 4 rings (SSSR count). The fraction of sp³-hybridized carbons (Fsp3) is 0.391. The molecule has 0 atom stereocenters. The van der Waals surface area contributed by atoms with E-state index in [1.807, 2.05) is 37.4 Å². The van der Waals surface area contributed by atoms with Crippen LogP contribution in [0.25, 0.3) is 0 Å². The molecular formula is C23H28N4O2. The van der Waals surface area contributed by atoms with Gasteiger partial charge >= 0.3 is 6.03 Å². The summed E-state index contributed by atoms with van der Waals surface area (Å²) in [6.45, 7) is 3.49. The highest BCUT2D eigenvalue weighted by Gasteiger charge is 2.22. The van der Waals surface area contributed by atoms with Gasteiger partial charge in [0.15, 0.2) is 0 Å². The van der Waals surface area contributed by atoms with E-state index in [-0.39, 0.29) is 11.9 Å². The zero-order valence-electron chi connectivity index (χ0n) is 16.9. The van der Waals surface area contributed by atoms with Crippen LogP contribution in [0.1, 0.15) is 31.2 Å². The van der Waals surface area contributed by atoms with Gasteiger partial charge in [0.1, 0.15) is 0 Å². The van der Waals surface area contributed by atoms with Gasteiger partial charge in [0.2, 0.25) is 5.91 Å². The van der Waals surface area contributed by atoms with E-state index in [0.29, 0.717) is 13.0 Å². The molecule has 6 nitrogen and oxygen atoms in total. The number of urea groups is 1. The van der Waals surface area contributed by atoms with E-state index in [4.69, 9.17) is 0 Å². The number of hydrogen-bond acceptors (Lipinski definition) is 3. The maximum atomic E-state index is 12.7. The number of hydrogen-bond donors (Lipinski definition) is 1. The number of nitrogens with zero attached hydrogens (tertiary/aromatic N) is 3. The van der Waals surface area contributed by atoms with E-state index >= 15 is 0 Å². The monoisotopic (exact) mass is 392 g/mol. The minimum atomic E-state index is -0.147. The maximum absolute atomic E-state index is 12.7. The Hall–Kier alpha value is -3.02. The summed E-state index contributed by atoms with van der Waals surface area (Å²) in [6.07, 6.45) is 3.97. The highest BCUT2D eigenvalue weighted by atomic mass is 16.2. The molecule has 2 aromatic rings. The molecule has 6 heteroatoms. The van der Waals surface area contributed by atoms with Crippen LogP contribution >= 0.6 is 0 Å². The van der Waals surface area contributed by atoms with Crippen molar-refractivity contribution in [3.05, 3.63) is 54.1 Å². The summed E-state index contributed by atoms with van der Waals surface area (Å²) in [7, 11) is 1.81. The van der Waals surface area contributed by atoms with Crippen molar-refractivity contribution in [1.29, 1.82) is 0 Å². The molecule has 152 valence electrons. The van der Waals surface area contributed by atoms with E-state index < -0.39 is 0 Å². The first-order valence-electron chi connectivity index (χ1n) is 10.4. The average Bonchev–Trinajstić information content (AvgIpc) is 3.41. The molecule has 0 aromatic heterocycles. The third kappa shape index (κ3) is 4.36. The van der Waals surface area contributed by atoms with Crippen LogP contribution in [0.15, 0.2) is 48.5 Å². The molecule has 0 aliphatic carbocycles. The second-order valence-corrected chi connectivity index (χ2v) is 7.80. The highest BCUT2D eigenvalue weighted by molar-refractivity contribution is 5.96. The molecule has 2 aliphatic heterocycles. The second-order valence-electron chi connectivity index (χ2n) is 7.80. The van der Waals surface area contributed by atoms with E-state index in [1.54, 1.807) is 9.80 Å². The smallest absolute Gasteiger partial charge is 0.321 e. The lowest BCUT2D eigenvalue weighted by molar-refractivity contribution is -0.117. The molecule has 0 radical (unpaired) electrons. The average molecular weight is 393 g/mol. The number of anilines is 3. The third-order valence-corrected chi connectivity index (χ3v) is 5.70. The summed E-state index contributed by atoms with van der Waals surface area (Å²) in [5, 5.41) is 2.95. The van der Waals surface area contributed by atoms with Crippen LogP contribution in [-0.2, 0) is 11.3 Å². The van der Waals surface area contributed by atoms with Gasteiger partial charge in [0, 0.05) is 56.7 Å². The standard InChI is InChI=1S/C23H28N4O2/c1-25(17-18-7-2-3-8-21(18)26-14-4-5-15-26)23(29)24-19-10-12-20(13-11-19)27-16-6-9-22(27)28/h2-3,7-8,10-13H,4-6,9,14-17H2,1H3,(H,24,29). The molecule has 0 spiro atoms. The van der Waals surface area contributed by atoms with Crippen molar-refractivity contribution in [2.45, 2.75) is 32.2 Å². The molecule has 2 aliphatic rings. The number of para-hydroxylation sites is 1. The van der Waals surface area contributed by atoms with Crippen molar-refractivity contribution in [3.8, 4) is 0 Å². The zero-order valence-corrected chi connectivity index (χ0v) is 16.9. The van der Waals surface area contributed by atoms with Crippen LogP contribution in [0.2, 0.25) is 0 Å². The van der Waals surface area contributed by atoms with Crippen LogP contribution in [0.5, 0.6) is 0 Å². The Morgan fingerprint density at radius 3 is 2.41 bits per heavy atom. The first-order valence-corrected chi connectivity index (χ1v) is 10.4. The molecule has 0 bridgehead atoms. The molecule has 3 amide bonds. The molecule has 2 aromatic carbocycles. The number of rotatable bonds is 5. The zero-order chi connectivity index (χ0) is 20.2. The van der Waals surface area contributed by atoms with Crippen LogP contribution in [0.3, 0.4) is 0 Å². The Kier molecular flexibility index (Phi) is 5.69. The Bertz CT molecular complexity index is 875. The minimum Gasteiger partial charge on any atom is -0.371 e. The Morgan fingerprint density at radius 1 is 1.00 bits per heavy atom. The van der Waals surface area contributed by atoms with Gasteiger partial charge in [0.25, 0.3) is 0 Å². The van der Waals surface area contributed by atoms with Crippen LogP contribution < -0.4 is 15.1 Å². The molecule has 0 unspecified atom stereocenters. The van der Waals surface area contributed by atoms with E-state index in [0.717, 1.165) is 43.0 Å². The number of carbonyl (C=O) groups excluding carboxylic acids is 2. The lowest BCUT2D eigenvalue weighted by Gasteiger charge is -2.24. The molecule has 2 heterocycles. The lowest BCUT2D eigenvalue weighted by atomic mass is 10.1. The summed E-state index contributed by atoms with van der Waals surface area (Å²) in [5.74, 6) is 0.165. The van der Waals surface area contributed by atoms with Crippen molar-refractivity contribution in [3.63, 3.8) is 0 Å². The topological polar surface area (TPSA) is 55.9 Å². The summed E-state index contributed by atoms with van der Waals surface area (Å²) in [6, 6.07) is 15.7. The van der Waals surface area contributed by atoms with Crippen molar-refractivity contribution in [2.24, 2.45) is 0 Å². The molecular weight excluding hydrogens is 364 g/mol. The van der Waals surface area contributed by atoms with Gasteiger partial charge in [-0.2, -0.15) is 0 Å². The van der Waals surface area contributed by atoms with Crippen molar-refractivity contribution < 1.29 is 9.59 Å². The predicted molar refractivity (Wildman–Crippen MR) is 116 cm³/mol. The van der Waals surface area contributed by atoms with Gasteiger partial charge < -0.3 is 20.0 Å². The van der Waals surface area contributed by atoms with Crippen molar-refractivity contribution in [2.75, 3.05) is 41.8 Å². The number of carbonyl (C=O) groups is 2. The third-order valence-electron chi connectivity index (χ3n) is 5.70. The molecule has 29 heavy (non-hydrogen) atoms. The Balaban J connectivity index is 1.38. The first kappa shape index (κ1) is 19.3. The van der Waals surface area contributed by atoms with E-state index in [2.05, 4.69) is 28.4 Å². The quantitative estimate of drug-likeness (QED) is 0.834. The summed E-state index contributed by atoms with van der Waals surface area (Å²) in [5.41, 5.74) is 4.00. The fourth-order valence-electron chi connectivity index (χ4n) is 4.10. The molecule has 1 N–H and O–H groups in total. The fourth-order valence-corrected chi connectivity index (χ4v) is 4.10. The van der Waals surface area contributed by atoms with Gasteiger partial charge in [-0.15, -0.1) is 0 Å². The number of benzene rings is 2. The molecule has 2 saturated heterocycles. The Labute approximate surface area is 172 Å². The normalized spacial score (nSPS) is 16.4. The summed E-state index contributed by atoms with van der Waals surface area (Å²) < 4.78 is 0. The molecule has 2 fully saturated rings. The maximum Gasteiger partial charge on any atom is 0.321 e. The van der Waals surface area contributed by atoms with Gasteiger partial charge in [-0.25, -0.2) is 4.79 Å². The predicted octanol–water partition coefficient (Wildman–Crippen LogP) is 4.08. The van der Waals surface area contributed by atoms with Crippen molar-refractivity contribution >= 4 is 29.0 Å². The number of nitrogens with one attached hydrogen (secondary N) is 1. The SMILES string of the molecule is CN(Cc1ccccc1N1CCCC1)C(=O)Nc1ccc(N2CCCC2=O)cc1. The first-order chi connectivity index (χ1) is 14.1. The molecule has 0 saturated carbocycles. The second kappa shape index (κ2) is 8.55. The lowest BCUT2D eigenvalue weighted by Crippen LogP contribution is -2.31. The van der Waals surface area contributed by atoms with Crippen molar-refractivity contribution in [1.82, 2.24) is 4.90 Å². The van der Waals surface area contributed by atoms with Crippen LogP contribution in [-0.4, -0.2) is 43.5 Å². The highest BCUT2D eigenvalue weighted by Crippen LogP contribution is 2.26. The van der Waals surface area contributed by atoms with Crippen LogP contribution in [0, 0.1) is 0 Å². The summed E-state index contributed by atoms with van der Waals surface area (Å²) in [4.78, 5) is 30.5. The largest absolute Gasteiger partial charge is 0.371 e.